The highest BCUT2D eigenvalue weighted by molar-refractivity contribution is 5.94. The highest BCUT2D eigenvalue weighted by Crippen LogP contribution is 2.31. The largest absolute Gasteiger partial charge is 0.381 e. The van der Waals surface area contributed by atoms with E-state index in [4.69, 9.17) is 0 Å². The van der Waals surface area contributed by atoms with E-state index in [-0.39, 0.29) is 18.5 Å². The SMILES string of the molecule is CC(C)n1cc([C@]2(O)CCN(C(=O)c3ccc4nccn4c3)C2)nn1. The number of aliphatic hydroxyl groups is 1. The van der Waals surface area contributed by atoms with Crippen molar-refractivity contribution in [3.63, 3.8) is 0 Å². The Bertz CT molecular complexity index is 930. The molecule has 0 bridgehead atoms. The Balaban J connectivity index is 1.55. The minimum absolute atomic E-state index is 0.109. The molecule has 0 saturated carbocycles. The maximum absolute atomic E-state index is 12.8. The van der Waals surface area contributed by atoms with E-state index in [1.807, 2.05) is 24.3 Å². The number of amides is 1. The van der Waals surface area contributed by atoms with E-state index in [1.165, 1.54) is 0 Å². The number of pyridine rings is 1. The molecule has 130 valence electrons. The highest BCUT2D eigenvalue weighted by atomic mass is 16.3. The molecule has 0 spiro atoms. The number of rotatable bonds is 3. The van der Waals surface area contributed by atoms with Gasteiger partial charge in [-0.1, -0.05) is 5.21 Å². The molecule has 1 amide bonds. The maximum atomic E-state index is 12.8. The van der Waals surface area contributed by atoms with Gasteiger partial charge in [-0.3, -0.25) is 4.79 Å². The van der Waals surface area contributed by atoms with E-state index in [1.54, 1.807) is 40.4 Å². The Hall–Kier alpha value is -2.74. The van der Waals surface area contributed by atoms with Crippen LogP contribution in [0.3, 0.4) is 0 Å². The van der Waals surface area contributed by atoms with Gasteiger partial charge in [0.15, 0.2) is 0 Å². The molecule has 0 aliphatic carbocycles. The molecule has 8 nitrogen and oxygen atoms in total. The number of imidazole rings is 1. The monoisotopic (exact) mass is 340 g/mol. The summed E-state index contributed by atoms with van der Waals surface area (Å²) in [4.78, 5) is 18.6. The van der Waals surface area contributed by atoms with Crippen LogP contribution >= 0.6 is 0 Å². The van der Waals surface area contributed by atoms with Crippen LogP contribution in [-0.4, -0.2) is 53.4 Å². The fraction of sp³-hybridized carbons (Fsp3) is 0.412. The van der Waals surface area contributed by atoms with Crippen molar-refractivity contribution in [1.82, 2.24) is 29.3 Å². The molecule has 1 saturated heterocycles. The first-order valence-electron chi connectivity index (χ1n) is 8.33. The van der Waals surface area contributed by atoms with Gasteiger partial charge in [0.25, 0.3) is 5.91 Å². The third-order valence-corrected chi connectivity index (χ3v) is 4.69. The zero-order chi connectivity index (χ0) is 17.6. The molecular weight excluding hydrogens is 320 g/mol. The predicted molar refractivity (Wildman–Crippen MR) is 90.0 cm³/mol. The van der Waals surface area contributed by atoms with Gasteiger partial charge in [0.2, 0.25) is 0 Å². The van der Waals surface area contributed by atoms with Crippen LogP contribution in [0.1, 0.15) is 42.4 Å². The van der Waals surface area contributed by atoms with Crippen molar-refractivity contribution in [2.45, 2.75) is 31.9 Å². The molecular formula is C17H20N6O2. The lowest BCUT2D eigenvalue weighted by atomic mass is 10.00. The third kappa shape index (κ3) is 2.68. The second kappa shape index (κ2) is 5.66. The van der Waals surface area contributed by atoms with Crippen molar-refractivity contribution in [3.05, 3.63) is 48.2 Å². The number of aromatic nitrogens is 5. The zero-order valence-corrected chi connectivity index (χ0v) is 14.2. The molecule has 0 radical (unpaired) electrons. The van der Waals surface area contributed by atoms with Crippen molar-refractivity contribution in [2.24, 2.45) is 0 Å². The number of carbonyl (C=O) groups excluding carboxylic acids is 1. The summed E-state index contributed by atoms with van der Waals surface area (Å²) in [6.07, 6.45) is 7.46. The summed E-state index contributed by atoms with van der Waals surface area (Å²) >= 11 is 0. The maximum Gasteiger partial charge on any atom is 0.255 e. The van der Waals surface area contributed by atoms with Crippen LogP contribution in [0.25, 0.3) is 5.65 Å². The predicted octanol–water partition coefficient (Wildman–Crippen LogP) is 1.24. The van der Waals surface area contributed by atoms with Gasteiger partial charge >= 0.3 is 0 Å². The molecule has 0 aromatic carbocycles. The molecule has 1 atom stereocenters. The van der Waals surface area contributed by atoms with Gasteiger partial charge in [-0.05, 0) is 26.0 Å². The highest BCUT2D eigenvalue weighted by Gasteiger charge is 2.42. The van der Waals surface area contributed by atoms with Gasteiger partial charge in [0.05, 0.1) is 18.3 Å². The van der Waals surface area contributed by atoms with Crippen molar-refractivity contribution >= 4 is 11.6 Å². The molecule has 3 aromatic rings. The summed E-state index contributed by atoms with van der Waals surface area (Å²) in [6.45, 7) is 4.69. The molecule has 1 fully saturated rings. The van der Waals surface area contributed by atoms with E-state index in [9.17, 15) is 9.90 Å². The van der Waals surface area contributed by atoms with Crippen molar-refractivity contribution in [3.8, 4) is 0 Å². The van der Waals surface area contributed by atoms with Crippen LogP contribution in [-0.2, 0) is 5.60 Å². The van der Waals surface area contributed by atoms with E-state index in [0.29, 0.717) is 24.2 Å². The summed E-state index contributed by atoms with van der Waals surface area (Å²) in [6, 6.07) is 3.74. The van der Waals surface area contributed by atoms with Gasteiger partial charge in [-0.25, -0.2) is 9.67 Å². The molecule has 4 rings (SSSR count). The average Bonchev–Trinajstić information content (AvgIpc) is 3.32. The van der Waals surface area contributed by atoms with Crippen LogP contribution in [0, 0.1) is 0 Å². The smallest absolute Gasteiger partial charge is 0.255 e. The van der Waals surface area contributed by atoms with E-state index in [0.717, 1.165) is 5.65 Å². The van der Waals surface area contributed by atoms with Crippen LogP contribution in [0.2, 0.25) is 0 Å². The first-order valence-corrected chi connectivity index (χ1v) is 8.33. The summed E-state index contributed by atoms with van der Waals surface area (Å²) < 4.78 is 3.52. The Morgan fingerprint density at radius 3 is 2.92 bits per heavy atom. The fourth-order valence-electron chi connectivity index (χ4n) is 3.15. The number of hydrogen-bond donors (Lipinski definition) is 1. The number of hydrogen-bond acceptors (Lipinski definition) is 5. The number of likely N-dealkylation sites (tertiary alicyclic amines) is 1. The second-order valence-corrected chi connectivity index (χ2v) is 6.80. The normalized spacial score (nSPS) is 20.7. The standard InChI is InChI=1S/C17H20N6O2/c1-12(2)23-10-14(19-20-23)17(25)5-7-22(11-17)16(24)13-3-4-15-18-6-8-21(15)9-13/h3-4,6,8-10,12,25H,5,7,11H2,1-2H3/t17-/m0/s1. The van der Waals surface area contributed by atoms with Crippen LogP contribution < -0.4 is 0 Å². The van der Waals surface area contributed by atoms with Crippen molar-refractivity contribution < 1.29 is 9.90 Å². The average molecular weight is 340 g/mol. The van der Waals surface area contributed by atoms with Crippen molar-refractivity contribution in [2.75, 3.05) is 13.1 Å². The minimum atomic E-state index is -1.15. The van der Waals surface area contributed by atoms with E-state index in [2.05, 4.69) is 15.3 Å². The quantitative estimate of drug-likeness (QED) is 0.775. The second-order valence-electron chi connectivity index (χ2n) is 6.80. The molecule has 1 N–H and O–H groups in total. The van der Waals surface area contributed by atoms with E-state index < -0.39 is 5.60 Å². The number of fused-ring (bicyclic) bond motifs is 1. The van der Waals surface area contributed by atoms with Crippen LogP contribution in [0.15, 0.2) is 36.9 Å². The lowest BCUT2D eigenvalue weighted by Gasteiger charge is -2.21. The van der Waals surface area contributed by atoms with E-state index >= 15 is 0 Å². The topological polar surface area (TPSA) is 88.5 Å². The summed E-state index contributed by atoms with van der Waals surface area (Å²) in [5, 5.41) is 19.1. The fourth-order valence-corrected chi connectivity index (χ4v) is 3.15. The first-order chi connectivity index (χ1) is 12.0. The Morgan fingerprint density at radius 2 is 2.16 bits per heavy atom. The minimum Gasteiger partial charge on any atom is -0.381 e. The first kappa shape index (κ1) is 15.8. The van der Waals surface area contributed by atoms with Crippen LogP contribution in [0.4, 0.5) is 0 Å². The molecule has 4 heterocycles. The molecule has 3 aromatic heterocycles. The number of β-amino-alcohol motifs (C(OH)–C–C–N with tert-alkyl or cyclic N) is 1. The molecule has 1 aliphatic rings. The third-order valence-electron chi connectivity index (χ3n) is 4.69. The van der Waals surface area contributed by atoms with Gasteiger partial charge in [-0.2, -0.15) is 0 Å². The van der Waals surface area contributed by atoms with Crippen molar-refractivity contribution in [1.29, 1.82) is 0 Å². The van der Waals surface area contributed by atoms with Crippen LogP contribution in [0.5, 0.6) is 0 Å². The molecule has 25 heavy (non-hydrogen) atoms. The Labute approximate surface area is 144 Å². The number of nitrogens with zero attached hydrogens (tertiary/aromatic N) is 6. The molecule has 8 heteroatoms. The summed E-state index contributed by atoms with van der Waals surface area (Å²) in [7, 11) is 0. The van der Waals surface area contributed by atoms with Gasteiger partial charge < -0.3 is 14.4 Å². The summed E-state index contributed by atoms with van der Waals surface area (Å²) in [5.41, 5.74) is 0.726. The molecule has 1 aliphatic heterocycles. The number of carbonyl (C=O) groups is 1. The zero-order valence-electron chi connectivity index (χ0n) is 14.2. The Morgan fingerprint density at radius 1 is 1.32 bits per heavy atom. The summed E-state index contributed by atoms with van der Waals surface area (Å²) in [5.74, 6) is -0.109. The van der Waals surface area contributed by atoms with Gasteiger partial charge in [0.1, 0.15) is 16.9 Å². The molecule has 0 unspecified atom stereocenters. The van der Waals surface area contributed by atoms with Gasteiger partial charge in [0, 0.05) is 37.6 Å². The van der Waals surface area contributed by atoms with Gasteiger partial charge in [-0.15, -0.1) is 5.10 Å². The lowest BCUT2D eigenvalue weighted by Crippen LogP contribution is -2.34. The lowest BCUT2D eigenvalue weighted by molar-refractivity contribution is 0.0381. The Kier molecular flexibility index (Phi) is 3.57.